The second-order valence-electron chi connectivity index (χ2n) is 6.24. The Morgan fingerprint density at radius 1 is 1.27 bits per heavy atom. The van der Waals surface area contributed by atoms with E-state index in [4.69, 9.17) is 9.84 Å². The summed E-state index contributed by atoms with van der Waals surface area (Å²) in [5, 5.41) is 9.04. The van der Waals surface area contributed by atoms with Gasteiger partial charge in [-0.1, -0.05) is 6.42 Å². The van der Waals surface area contributed by atoms with E-state index in [1.54, 1.807) is 0 Å². The molecule has 0 aromatic heterocycles. The average molecular weight is 323 g/mol. The lowest BCUT2D eigenvalue weighted by molar-refractivity contribution is -0.227. The normalized spacial score (nSPS) is 27.5. The van der Waals surface area contributed by atoms with Gasteiger partial charge in [-0.3, -0.25) is 9.59 Å². The molecule has 0 spiro atoms. The summed E-state index contributed by atoms with van der Waals surface area (Å²) in [5.74, 6) is -2.27. The first-order valence-electron chi connectivity index (χ1n) is 7.27. The van der Waals surface area contributed by atoms with Crippen LogP contribution in [0.25, 0.3) is 0 Å². The number of hydrogen-bond donors (Lipinski definition) is 1. The van der Waals surface area contributed by atoms with Gasteiger partial charge in [0, 0.05) is 26.8 Å². The van der Waals surface area contributed by atoms with Gasteiger partial charge in [0.2, 0.25) is 5.91 Å². The lowest BCUT2D eigenvalue weighted by atomic mass is 9.66. The fraction of sp³-hybridized carbons (Fsp3) is 0.857. The van der Waals surface area contributed by atoms with Crippen LogP contribution in [-0.4, -0.2) is 54.9 Å². The third-order valence-corrected chi connectivity index (χ3v) is 5.06. The van der Waals surface area contributed by atoms with Crippen molar-refractivity contribution in [2.45, 2.75) is 38.3 Å². The lowest BCUT2D eigenvalue weighted by Gasteiger charge is -2.43. The largest absolute Gasteiger partial charge is 0.481 e. The Balaban J connectivity index is 2.15. The second-order valence-corrected chi connectivity index (χ2v) is 6.24. The molecule has 0 radical (unpaired) electrons. The monoisotopic (exact) mass is 323 g/mol. The van der Waals surface area contributed by atoms with Gasteiger partial charge >= 0.3 is 12.1 Å². The summed E-state index contributed by atoms with van der Waals surface area (Å²) in [7, 11) is 1.51. The molecule has 2 rings (SSSR count). The van der Waals surface area contributed by atoms with Crippen molar-refractivity contribution >= 4 is 11.9 Å². The molecule has 1 aliphatic carbocycles. The number of amides is 1. The van der Waals surface area contributed by atoms with E-state index in [1.165, 1.54) is 7.11 Å². The van der Waals surface area contributed by atoms with Crippen LogP contribution in [0.3, 0.4) is 0 Å². The van der Waals surface area contributed by atoms with Gasteiger partial charge in [-0.15, -0.1) is 0 Å². The molecule has 1 atom stereocenters. The number of carboxylic acids is 1. The highest BCUT2D eigenvalue weighted by Crippen LogP contribution is 2.50. The van der Waals surface area contributed by atoms with Crippen molar-refractivity contribution in [1.29, 1.82) is 0 Å². The molecule has 1 aliphatic heterocycles. The first kappa shape index (κ1) is 17.1. The van der Waals surface area contributed by atoms with Crippen LogP contribution in [0.15, 0.2) is 0 Å². The topological polar surface area (TPSA) is 66.8 Å². The van der Waals surface area contributed by atoms with Gasteiger partial charge in [0.05, 0.1) is 5.41 Å². The van der Waals surface area contributed by atoms with Crippen LogP contribution < -0.4 is 0 Å². The van der Waals surface area contributed by atoms with Crippen molar-refractivity contribution in [3.63, 3.8) is 0 Å². The SMILES string of the molecule is COCCC1(C(=O)N2CCC(C(=O)O)(C(F)(F)F)C2)CCC1. The third kappa shape index (κ3) is 2.57. The molecule has 0 aromatic rings. The van der Waals surface area contributed by atoms with E-state index in [0.29, 0.717) is 25.9 Å². The van der Waals surface area contributed by atoms with Crippen LogP contribution in [-0.2, 0) is 14.3 Å². The molecule has 2 fully saturated rings. The standard InChI is InChI=1S/C14H20F3NO4/c1-22-8-6-12(3-2-4-12)10(19)18-7-5-13(9-18,11(20)21)14(15,16)17/h2-9H2,1H3,(H,20,21). The summed E-state index contributed by atoms with van der Waals surface area (Å²) in [6.45, 7) is -0.596. The number of carbonyl (C=O) groups excluding carboxylic acids is 1. The Hall–Kier alpha value is -1.31. The summed E-state index contributed by atoms with van der Waals surface area (Å²) in [4.78, 5) is 24.8. The van der Waals surface area contributed by atoms with Crippen molar-refractivity contribution in [1.82, 2.24) is 4.90 Å². The first-order chi connectivity index (χ1) is 10.2. The van der Waals surface area contributed by atoms with Gasteiger partial charge in [-0.05, 0) is 25.7 Å². The maximum atomic E-state index is 13.2. The summed E-state index contributed by atoms with van der Waals surface area (Å²) >= 11 is 0. The zero-order valence-corrected chi connectivity index (χ0v) is 12.4. The molecular formula is C14H20F3NO4. The molecule has 5 nitrogen and oxygen atoms in total. The number of carbonyl (C=O) groups is 2. The number of rotatable bonds is 5. The van der Waals surface area contributed by atoms with Gasteiger partial charge in [-0.2, -0.15) is 13.2 Å². The number of ether oxygens (including phenoxy) is 1. The Morgan fingerprint density at radius 2 is 1.91 bits per heavy atom. The van der Waals surface area contributed by atoms with Gasteiger partial charge < -0.3 is 14.7 Å². The van der Waals surface area contributed by atoms with Crippen LogP contribution in [0.4, 0.5) is 13.2 Å². The molecule has 1 amide bonds. The Bertz CT molecular complexity index is 461. The summed E-state index contributed by atoms with van der Waals surface area (Å²) in [6, 6.07) is 0. The molecule has 2 aliphatic rings. The summed E-state index contributed by atoms with van der Waals surface area (Å²) in [6.07, 6.45) is -2.89. The van der Waals surface area contributed by atoms with Crippen molar-refractivity contribution in [3.05, 3.63) is 0 Å². The maximum Gasteiger partial charge on any atom is 0.406 e. The van der Waals surface area contributed by atoms with Gasteiger partial charge in [0.25, 0.3) is 0 Å². The number of alkyl halides is 3. The Kier molecular flexibility index (Phi) is 4.43. The number of nitrogens with zero attached hydrogens (tertiary/aromatic N) is 1. The predicted molar refractivity (Wildman–Crippen MR) is 70.1 cm³/mol. The lowest BCUT2D eigenvalue weighted by Crippen LogP contribution is -2.51. The van der Waals surface area contributed by atoms with Crippen molar-refractivity contribution in [3.8, 4) is 0 Å². The van der Waals surface area contributed by atoms with E-state index in [0.717, 1.165) is 11.3 Å². The van der Waals surface area contributed by atoms with Crippen LogP contribution >= 0.6 is 0 Å². The molecule has 0 aromatic carbocycles. The number of methoxy groups -OCH3 is 1. The summed E-state index contributed by atoms with van der Waals surface area (Å²) < 4.78 is 44.5. The molecule has 8 heteroatoms. The number of hydrogen-bond acceptors (Lipinski definition) is 3. The zero-order chi connectivity index (χ0) is 16.6. The highest BCUT2D eigenvalue weighted by atomic mass is 19.4. The molecule has 1 saturated carbocycles. The smallest absolute Gasteiger partial charge is 0.406 e. The predicted octanol–water partition coefficient (Wildman–Crippen LogP) is 2.06. The molecule has 126 valence electrons. The molecule has 0 bridgehead atoms. The van der Waals surface area contributed by atoms with Crippen LogP contribution in [0, 0.1) is 10.8 Å². The molecule has 1 unspecified atom stereocenters. The number of aliphatic carboxylic acids is 1. The van der Waals surface area contributed by atoms with Gasteiger partial charge in [0.15, 0.2) is 5.41 Å². The quantitative estimate of drug-likeness (QED) is 0.841. The molecule has 22 heavy (non-hydrogen) atoms. The van der Waals surface area contributed by atoms with E-state index in [-0.39, 0.29) is 12.5 Å². The van der Waals surface area contributed by atoms with Gasteiger partial charge in [-0.25, -0.2) is 0 Å². The minimum Gasteiger partial charge on any atom is -0.481 e. The second kappa shape index (κ2) is 5.72. The number of halogens is 3. The zero-order valence-electron chi connectivity index (χ0n) is 12.4. The molecule has 1 heterocycles. The van der Waals surface area contributed by atoms with Crippen molar-refractivity contribution in [2.24, 2.45) is 10.8 Å². The fourth-order valence-corrected chi connectivity index (χ4v) is 3.32. The maximum absolute atomic E-state index is 13.2. The fourth-order valence-electron chi connectivity index (χ4n) is 3.32. The van der Waals surface area contributed by atoms with E-state index in [2.05, 4.69) is 0 Å². The van der Waals surface area contributed by atoms with Crippen LogP contribution in [0.2, 0.25) is 0 Å². The summed E-state index contributed by atoms with van der Waals surface area (Å²) in [5.41, 5.74) is -3.51. The molecule has 1 N–H and O–H groups in total. The third-order valence-electron chi connectivity index (χ3n) is 5.06. The van der Waals surface area contributed by atoms with Crippen LogP contribution in [0.5, 0.6) is 0 Å². The van der Waals surface area contributed by atoms with Crippen molar-refractivity contribution in [2.75, 3.05) is 26.8 Å². The van der Waals surface area contributed by atoms with Crippen LogP contribution in [0.1, 0.15) is 32.1 Å². The van der Waals surface area contributed by atoms with E-state index in [1.807, 2.05) is 0 Å². The minimum atomic E-state index is -4.87. The van der Waals surface area contributed by atoms with Crippen molar-refractivity contribution < 1.29 is 32.6 Å². The molecular weight excluding hydrogens is 303 g/mol. The Morgan fingerprint density at radius 3 is 2.27 bits per heavy atom. The molecule has 1 saturated heterocycles. The number of likely N-dealkylation sites (tertiary alicyclic amines) is 1. The minimum absolute atomic E-state index is 0.167. The first-order valence-corrected chi connectivity index (χ1v) is 7.27. The van der Waals surface area contributed by atoms with E-state index < -0.39 is 35.9 Å². The number of carboxylic acid groups (broad SMARTS) is 1. The highest BCUT2D eigenvalue weighted by Gasteiger charge is 2.65. The average Bonchev–Trinajstić information content (AvgIpc) is 2.83. The van der Waals surface area contributed by atoms with E-state index in [9.17, 15) is 22.8 Å². The van der Waals surface area contributed by atoms with E-state index >= 15 is 0 Å². The Labute approximate surface area is 126 Å². The highest BCUT2D eigenvalue weighted by molar-refractivity contribution is 5.86. The van der Waals surface area contributed by atoms with Gasteiger partial charge in [0.1, 0.15) is 0 Å².